The molecule has 0 aromatic heterocycles. The van der Waals surface area contributed by atoms with E-state index < -0.39 is 0 Å². The lowest BCUT2D eigenvalue weighted by Gasteiger charge is -2.23. The van der Waals surface area contributed by atoms with Gasteiger partial charge < -0.3 is 10.1 Å². The average Bonchev–Trinajstić information content (AvgIpc) is 2.32. The third kappa shape index (κ3) is 3.17. The van der Waals surface area contributed by atoms with Gasteiger partial charge >= 0.3 is 0 Å². The summed E-state index contributed by atoms with van der Waals surface area (Å²) >= 11 is 3.24. The monoisotopic (exact) mass is 300 g/mol. The Morgan fingerprint density at radius 1 is 1.41 bits per heavy atom. The summed E-state index contributed by atoms with van der Waals surface area (Å²) < 4.78 is 5.96. The maximum absolute atomic E-state index is 10.9. The minimum atomic E-state index is -0.369. The molecule has 0 atom stereocenters. The van der Waals surface area contributed by atoms with Crippen molar-refractivity contribution in [1.29, 1.82) is 0 Å². The van der Waals surface area contributed by atoms with Gasteiger partial charge in [-0.1, -0.05) is 15.9 Å². The van der Waals surface area contributed by atoms with E-state index in [0.717, 1.165) is 12.8 Å². The molecule has 1 aromatic carbocycles. The first kappa shape index (κ1) is 12.3. The van der Waals surface area contributed by atoms with Crippen molar-refractivity contribution in [1.82, 2.24) is 0 Å². The van der Waals surface area contributed by atoms with Crippen molar-refractivity contribution < 1.29 is 9.66 Å². The van der Waals surface area contributed by atoms with Crippen LogP contribution in [0.25, 0.3) is 0 Å². The second kappa shape index (κ2) is 5.46. The number of hydrogen-bond donors (Lipinski definition) is 1. The number of hydrogen-bond acceptors (Lipinski definition) is 4. The van der Waals surface area contributed by atoms with Crippen LogP contribution in [0.1, 0.15) is 12.8 Å². The van der Waals surface area contributed by atoms with Crippen molar-refractivity contribution in [2.24, 2.45) is 0 Å². The van der Waals surface area contributed by atoms with Crippen LogP contribution in [0.3, 0.4) is 0 Å². The second-order valence-corrected chi connectivity index (χ2v) is 4.87. The van der Waals surface area contributed by atoms with Crippen molar-refractivity contribution in [3.8, 4) is 0 Å². The van der Waals surface area contributed by atoms with E-state index in [-0.39, 0.29) is 16.7 Å². The van der Waals surface area contributed by atoms with Crippen LogP contribution < -0.4 is 5.32 Å². The molecule has 17 heavy (non-hydrogen) atoms. The molecule has 1 aliphatic rings. The molecule has 6 heteroatoms. The highest BCUT2D eigenvalue weighted by Crippen LogP contribution is 2.29. The summed E-state index contributed by atoms with van der Waals surface area (Å²) in [6.07, 6.45) is 1.76. The van der Waals surface area contributed by atoms with Crippen molar-refractivity contribution in [2.75, 3.05) is 18.5 Å². The highest BCUT2D eigenvalue weighted by atomic mass is 79.9. The first-order valence-electron chi connectivity index (χ1n) is 5.45. The minimum absolute atomic E-state index is 0.103. The number of halogens is 1. The summed E-state index contributed by atoms with van der Waals surface area (Å²) in [7, 11) is 0. The van der Waals surface area contributed by atoms with E-state index in [1.165, 1.54) is 6.07 Å². The van der Waals surface area contributed by atoms with Crippen molar-refractivity contribution in [3.63, 3.8) is 0 Å². The van der Waals surface area contributed by atoms with Gasteiger partial charge in [-0.3, -0.25) is 10.1 Å². The molecule has 1 saturated heterocycles. The zero-order valence-corrected chi connectivity index (χ0v) is 10.8. The molecule has 1 N–H and O–H groups in total. The lowest BCUT2D eigenvalue weighted by Crippen LogP contribution is -2.28. The fraction of sp³-hybridized carbons (Fsp3) is 0.455. The second-order valence-electron chi connectivity index (χ2n) is 3.95. The van der Waals surface area contributed by atoms with Crippen molar-refractivity contribution in [3.05, 3.63) is 32.8 Å². The Labute approximate surface area is 107 Å². The number of benzene rings is 1. The Hall–Kier alpha value is -1.14. The SMILES string of the molecule is O=[N+]([O-])c1cc(Br)ccc1NC1CCOCC1. The normalized spacial score (nSPS) is 16.8. The number of nitrogens with zero attached hydrogens (tertiary/aromatic N) is 1. The lowest BCUT2D eigenvalue weighted by molar-refractivity contribution is -0.384. The number of nitrogens with one attached hydrogen (secondary N) is 1. The van der Waals surface area contributed by atoms with Gasteiger partial charge in [-0.25, -0.2) is 0 Å². The third-order valence-electron chi connectivity index (χ3n) is 2.74. The first-order valence-corrected chi connectivity index (χ1v) is 6.24. The largest absolute Gasteiger partial charge is 0.381 e. The fourth-order valence-corrected chi connectivity index (χ4v) is 2.19. The van der Waals surface area contributed by atoms with Crippen LogP contribution in [-0.4, -0.2) is 24.2 Å². The molecule has 5 nitrogen and oxygen atoms in total. The Bertz CT molecular complexity index is 419. The van der Waals surface area contributed by atoms with Gasteiger partial charge in [-0.15, -0.1) is 0 Å². The molecule has 0 saturated carbocycles. The topological polar surface area (TPSA) is 64.4 Å². The van der Waals surface area contributed by atoms with Gasteiger partial charge in [-0.05, 0) is 25.0 Å². The molecule has 1 fully saturated rings. The standard InChI is InChI=1S/C11H13BrN2O3/c12-8-1-2-10(11(7-8)14(15)16)13-9-3-5-17-6-4-9/h1-2,7,9,13H,3-6H2. The van der Waals surface area contributed by atoms with Gasteiger partial charge in [-0.2, -0.15) is 0 Å². The van der Waals surface area contributed by atoms with Crippen LogP contribution in [0.15, 0.2) is 22.7 Å². The highest BCUT2D eigenvalue weighted by molar-refractivity contribution is 9.10. The maximum Gasteiger partial charge on any atom is 0.293 e. The van der Waals surface area contributed by atoms with Gasteiger partial charge in [0.1, 0.15) is 5.69 Å². The van der Waals surface area contributed by atoms with Crippen molar-refractivity contribution in [2.45, 2.75) is 18.9 Å². The van der Waals surface area contributed by atoms with Gasteiger partial charge in [0.25, 0.3) is 5.69 Å². The number of nitro groups is 1. The molecular weight excluding hydrogens is 288 g/mol. The van der Waals surface area contributed by atoms with E-state index in [1.54, 1.807) is 12.1 Å². The first-order chi connectivity index (χ1) is 8.16. The number of rotatable bonds is 3. The molecule has 2 rings (SSSR count). The van der Waals surface area contributed by atoms with Gasteiger partial charge in [0.15, 0.2) is 0 Å². The van der Waals surface area contributed by atoms with Crippen molar-refractivity contribution >= 4 is 27.3 Å². The Morgan fingerprint density at radius 3 is 2.76 bits per heavy atom. The quantitative estimate of drug-likeness (QED) is 0.688. The highest BCUT2D eigenvalue weighted by Gasteiger charge is 2.19. The number of ether oxygens (including phenoxy) is 1. The Morgan fingerprint density at radius 2 is 2.12 bits per heavy atom. The van der Waals surface area contributed by atoms with E-state index >= 15 is 0 Å². The number of nitro benzene ring substituents is 1. The third-order valence-corrected chi connectivity index (χ3v) is 3.23. The van der Waals surface area contributed by atoms with Gasteiger partial charge in [0, 0.05) is 29.8 Å². The minimum Gasteiger partial charge on any atom is -0.381 e. The van der Waals surface area contributed by atoms with E-state index in [4.69, 9.17) is 4.74 Å². The molecule has 0 spiro atoms. The van der Waals surface area contributed by atoms with E-state index in [2.05, 4.69) is 21.2 Å². The smallest absolute Gasteiger partial charge is 0.293 e. The van der Waals surface area contributed by atoms with Crippen LogP contribution >= 0.6 is 15.9 Å². The zero-order valence-electron chi connectivity index (χ0n) is 9.19. The van der Waals surface area contributed by atoms with E-state index in [0.29, 0.717) is 23.4 Å². The van der Waals surface area contributed by atoms with Crippen LogP contribution in [0.4, 0.5) is 11.4 Å². The lowest BCUT2D eigenvalue weighted by atomic mass is 10.1. The molecular formula is C11H13BrN2O3. The molecule has 92 valence electrons. The molecule has 0 amide bonds. The molecule has 1 aliphatic heterocycles. The van der Waals surface area contributed by atoms with Crippen LogP contribution in [0, 0.1) is 10.1 Å². The Balaban J connectivity index is 2.16. The summed E-state index contributed by atoms with van der Waals surface area (Å²) in [5, 5.41) is 14.2. The van der Waals surface area contributed by atoms with Crippen LogP contribution in [-0.2, 0) is 4.74 Å². The molecule has 1 heterocycles. The molecule has 0 radical (unpaired) electrons. The molecule has 1 aromatic rings. The summed E-state index contributed by atoms with van der Waals surface area (Å²) in [5.74, 6) is 0. The van der Waals surface area contributed by atoms with Gasteiger partial charge in [0.05, 0.1) is 4.92 Å². The zero-order chi connectivity index (χ0) is 12.3. The predicted octanol–water partition coefficient (Wildman–Crippen LogP) is 2.95. The molecule has 0 bridgehead atoms. The van der Waals surface area contributed by atoms with Crippen LogP contribution in [0.5, 0.6) is 0 Å². The maximum atomic E-state index is 10.9. The summed E-state index contributed by atoms with van der Waals surface area (Å²) in [6, 6.07) is 5.30. The molecule has 0 unspecified atom stereocenters. The summed E-state index contributed by atoms with van der Waals surface area (Å²) in [6.45, 7) is 1.42. The summed E-state index contributed by atoms with van der Waals surface area (Å²) in [4.78, 5) is 10.6. The molecule has 0 aliphatic carbocycles. The van der Waals surface area contributed by atoms with E-state index in [1.807, 2.05) is 0 Å². The fourth-order valence-electron chi connectivity index (χ4n) is 1.84. The van der Waals surface area contributed by atoms with E-state index in [9.17, 15) is 10.1 Å². The number of anilines is 1. The predicted molar refractivity (Wildman–Crippen MR) is 68.3 cm³/mol. The average molecular weight is 301 g/mol. The Kier molecular flexibility index (Phi) is 3.96. The van der Waals surface area contributed by atoms with Crippen LogP contribution in [0.2, 0.25) is 0 Å². The summed E-state index contributed by atoms with van der Waals surface area (Å²) in [5.41, 5.74) is 0.677. The van der Waals surface area contributed by atoms with Gasteiger partial charge in [0.2, 0.25) is 0 Å².